The van der Waals surface area contributed by atoms with Crippen LogP contribution in [0.1, 0.15) is 24.2 Å². The van der Waals surface area contributed by atoms with Gasteiger partial charge in [-0.25, -0.2) is 15.0 Å². The van der Waals surface area contributed by atoms with Gasteiger partial charge < -0.3 is 9.64 Å². The van der Waals surface area contributed by atoms with Crippen molar-refractivity contribution in [3.63, 3.8) is 0 Å². The highest BCUT2D eigenvalue weighted by Crippen LogP contribution is 2.28. The molecule has 1 saturated heterocycles. The molecule has 8 heteroatoms. The number of hydrogen-bond acceptors (Lipinski definition) is 8. The fraction of sp³-hybridized carbons (Fsp3) is 0.450. The summed E-state index contributed by atoms with van der Waals surface area (Å²) in [5, 5.41) is 1.81. The molecule has 0 saturated carbocycles. The summed E-state index contributed by atoms with van der Waals surface area (Å²) < 4.78 is 6.03. The van der Waals surface area contributed by atoms with E-state index in [1.165, 1.54) is 11.8 Å². The Kier molecular flexibility index (Phi) is 5.57. The molecule has 1 fully saturated rings. The van der Waals surface area contributed by atoms with E-state index in [4.69, 9.17) is 9.72 Å². The van der Waals surface area contributed by atoms with Crippen LogP contribution in [0.15, 0.2) is 29.8 Å². The van der Waals surface area contributed by atoms with E-state index in [0.717, 1.165) is 59.2 Å². The molecule has 3 aromatic rings. The molecule has 0 atom stereocenters. The number of nitrogens with zero attached hydrogens (tertiary/aromatic N) is 6. The van der Waals surface area contributed by atoms with Gasteiger partial charge in [-0.15, -0.1) is 0 Å². The highest BCUT2D eigenvalue weighted by Gasteiger charge is 2.23. The number of aromatic nitrogens is 5. The third kappa shape index (κ3) is 4.01. The Labute approximate surface area is 169 Å². The van der Waals surface area contributed by atoms with E-state index in [0.29, 0.717) is 18.4 Å². The zero-order valence-electron chi connectivity index (χ0n) is 16.4. The van der Waals surface area contributed by atoms with Crippen molar-refractivity contribution in [2.75, 3.05) is 30.9 Å². The van der Waals surface area contributed by atoms with Crippen molar-refractivity contribution in [2.24, 2.45) is 5.92 Å². The second-order valence-electron chi connectivity index (χ2n) is 7.07. The molecule has 0 aliphatic carbocycles. The normalized spacial score (nSPS) is 15.2. The lowest BCUT2D eigenvalue weighted by Gasteiger charge is -2.33. The Morgan fingerprint density at radius 1 is 1.14 bits per heavy atom. The molecule has 7 nitrogen and oxygen atoms in total. The summed E-state index contributed by atoms with van der Waals surface area (Å²) in [5.74, 6) is 3.01. The van der Waals surface area contributed by atoms with Gasteiger partial charge in [0.05, 0.1) is 18.3 Å². The first-order valence-corrected chi connectivity index (χ1v) is 10.7. The van der Waals surface area contributed by atoms with Crippen LogP contribution in [0.5, 0.6) is 5.88 Å². The Bertz CT molecular complexity index is 974. The molecule has 0 N–H and O–H groups in total. The van der Waals surface area contributed by atoms with Crippen LogP contribution in [0.4, 0.5) is 5.82 Å². The molecular weight excluding hydrogens is 372 g/mol. The summed E-state index contributed by atoms with van der Waals surface area (Å²) >= 11 is 1.53. The van der Waals surface area contributed by atoms with Crippen molar-refractivity contribution < 1.29 is 4.74 Å². The van der Waals surface area contributed by atoms with Crippen molar-refractivity contribution in [3.8, 4) is 5.88 Å². The zero-order valence-corrected chi connectivity index (χ0v) is 17.2. The number of piperidine rings is 1. The molecule has 0 spiro atoms. The maximum absolute atomic E-state index is 6.03. The van der Waals surface area contributed by atoms with Crippen LogP contribution in [-0.4, -0.2) is 50.9 Å². The van der Waals surface area contributed by atoms with Gasteiger partial charge >= 0.3 is 0 Å². The molecular formula is C20H24N6OS. The fourth-order valence-electron chi connectivity index (χ4n) is 3.48. The second-order valence-corrected chi connectivity index (χ2v) is 7.85. The molecule has 0 bridgehead atoms. The predicted molar refractivity (Wildman–Crippen MR) is 111 cm³/mol. The molecule has 0 unspecified atom stereocenters. The molecule has 3 aromatic heterocycles. The van der Waals surface area contributed by atoms with Crippen LogP contribution in [-0.2, 0) is 0 Å². The van der Waals surface area contributed by atoms with Crippen LogP contribution in [0.25, 0.3) is 10.9 Å². The van der Waals surface area contributed by atoms with Gasteiger partial charge in [-0.2, -0.15) is 4.98 Å². The minimum Gasteiger partial charge on any atom is -0.477 e. The van der Waals surface area contributed by atoms with E-state index in [9.17, 15) is 0 Å². The lowest BCUT2D eigenvalue weighted by Crippen LogP contribution is -2.36. The summed E-state index contributed by atoms with van der Waals surface area (Å²) in [6, 6.07) is 2.00. The van der Waals surface area contributed by atoms with Gasteiger partial charge in [-0.3, -0.25) is 4.98 Å². The smallest absolute Gasteiger partial charge is 0.220 e. The number of hydrogen-bond donors (Lipinski definition) is 0. The largest absolute Gasteiger partial charge is 0.477 e. The number of pyridine rings is 1. The third-order valence-corrected chi connectivity index (χ3v) is 5.61. The first-order chi connectivity index (χ1) is 13.6. The minimum atomic E-state index is 0.513. The maximum Gasteiger partial charge on any atom is 0.220 e. The Morgan fingerprint density at radius 3 is 2.75 bits per heavy atom. The van der Waals surface area contributed by atoms with E-state index in [1.54, 1.807) is 12.4 Å². The van der Waals surface area contributed by atoms with E-state index in [2.05, 4.69) is 24.8 Å². The van der Waals surface area contributed by atoms with Gasteiger partial charge in [0.15, 0.2) is 5.16 Å². The van der Waals surface area contributed by atoms with Gasteiger partial charge in [0.2, 0.25) is 5.88 Å². The number of rotatable bonds is 5. The first-order valence-electron chi connectivity index (χ1n) is 9.48. The van der Waals surface area contributed by atoms with Crippen molar-refractivity contribution in [1.82, 2.24) is 24.9 Å². The summed E-state index contributed by atoms with van der Waals surface area (Å²) in [6.07, 6.45) is 9.54. The lowest BCUT2D eigenvalue weighted by molar-refractivity contribution is 0.213. The Morgan fingerprint density at radius 2 is 1.96 bits per heavy atom. The topological polar surface area (TPSA) is 76.9 Å². The standard InChI is InChI=1S/C20H24N6OS/c1-13-10-22-20(28-3)25-19(13)27-12-15-5-8-26(9-6-15)18-16-4-7-21-11-17(16)23-14(2)24-18/h4,7,10-11,15H,5-6,8-9,12H2,1-3H3. The lowest BCUT2D eigenvalue weighted by atomic mass is 9.97. The van der Waals surface area contributed by atoms with Gasteiger partial charge in [0.25, 0.3) is 0 Å². The highest BCUT2D eigenvalue weighted by atomic mass is 32.2. The second kappa shape index (κ2) is 8.26. The summed E-state index contributed by atoms with van der Waals surface area (Å²) in [6.45, 7) is 6.53. The van der Waals surface area contributed by atoms with Gasteiger partial charge in [0, 0.05) is 36.4 Å². The van der Waals surface area contributed by atoms with Crippen LogP contribution < -0.4 is 9.64 Å². The summed E-state index contributed by atoms with van der Waals surface area (Å²) in [7, 11) is 0. The van der Waals surface area contributed by atoms with Crippen LogP contribution in [0.3, 0.4) is 0 Å². The number of anilines is 1. The molecule has 28 heavy (non-hydrogen) atoms. The van der Waals surface area contributed by atoms with Crippen molar-refractivity contribution in [2.45, 2.75) is 31.8 Å². The van der Waals surface area contributed by atoms with Gasteiger partial charge in [0.1, 0.15) is 11.6 Å². The highest BCUT2D eigenvalue weighted by molar-refractivity contribution is 7.98. The number of ether oxygens (including phenoxy) is 1. The van der Waals surface area contributed by atoms with Crippen LogP contribution in [0.2, 0.25) is 0 Å². The maximum atomic E-state index is 6.03. The third-order valence-electron chi connectivity index (χ3n) is 5.05. The number of thioether (sulfide) groups is 1. The summed E-state index contributed by atoms with van der Waals surface area (Å²) in [4.78, 5) is 24.5. The zero-order chi connectivity index (χ0) is 19.5. The van der Waals surface area contributed by atoms with Crippen LogP contribution in [0, 0.1) is 19.8 Å². The average Bonchev–Trinajstić information content (AvgIpc) is 2.73. The molecule has 1 aliphatic heterocycles. The van der Waals surface area contributed by atoms with Crippen molar-refractivity contribution in [1.29, 1.82) is 0 Å². The Balaban J connectivity index is 1.40. The van der Waals surface area contributed by atoms with Gasteiger partial charge in [-0.05, 0) is 44.9 Å². The van der Waals surface area contributed by atoms with Crippen LogP contribution >= 0.6 is 11.8 Å². The SMILES string of the molecule is CSc1ncc(C)c(OCC2CCN(c3nc(C)nc4cnccc34)CC2)n1. The van der Waals surface area contributed by atoms with Crippen molar-refractivity contribution >= 4 is 28.5 Å². The molecule has 0 amide bonds. The molecule has 4 heterocycles. The molecule has 146 valence electrons. The number of aryl methyl sites for hydroxylation is 2. The minimum absolute atomic E-state index is 0.513. The molecule has 4 rings (SSSR count). The number of fused-ring (bicyclic) bond motifs is 1. The Hall–Kier alpha value is -2.48. The summed E-state index contributed by atoms with van der Waals surface area (Å²) in [5.41, 5.74) is 1.88. The van der Waals surface area contributed by atoms with E-state index in [1.807, 2.05) is 32.4 Å². The van der Waals surface area contributed by atoms with Crippen molar-refractivity contribution in [3.05, 3.63) is 36.0 Å². The van der Waals surface area contributed by atoms with E-state index in [-0.39, 0.29) is 0 Å². The van der Waals surface area contributed by atoms with Gasteiger partial charge in [-0.1, -0.05) is 11.8 Å². The average molecular weight is 397 g/mol. The monoisotopic (exact) mass is 396 g/mol. The molecule has 0 aromatic carbocycles. The molecule has 0 radical (unpaired) electrons. The van der Waals surface area contributed by atoms with E-state index >= 15 is 0 Å². The van der Waals surface area contributed by atoms with E-state index < -0.39 is 0 Å². The first kappa shape index (κ1) is 18.9. The fourth-order valence-corrected chi connectivity index (χ4v) is 3.81. The quantitative estimate of drug-likeness (QED) is 0.479. The predicted octanol–water partition coefficient (Wildman–Crippen LogP) is 3.45. The molecule has 1 aliphatic rings.